The largest absolute Gasteiger partial charge is 0.246 e. The van der Waals surface area contributed by atoms with Crippen molar-refractivity contribution in [2.24, 2.45) is 0 Å². The molecule has 0 atom stereocenters. The molecule has 0 saturated heterocycles. The third-order valence-electron chi connectivity index (χ3n) is 1.43. The van der Waals surface area contributed by atoms with Crippen molar-refractivity contribution in [3.63, 3.8) is 0 Å². The van der Waals surface area contributed by atoms with Crippen LogP contribution in [-0.4, -0.2) is 21.0 Å². The van der Waals surface area contributed by atoms with Crippen LogP contribution in [0.1, 0.15) is 41.5 Å². The third-order valence-corrected chi connectivity index (χ3v) is 3.21. The van der Waals surface area contributed by atoms with Crippen molar-refractivity contribution in [2.45, 2.75) is 52.6 Å². The number of hydrogen-bond donors (Lipinski definition) is 0. The Balaban J connectivity index is 4.69. The molecule has 72 valence electrons. The summed E-state index contributed by atoms with van der Waals surface area (Å²) < 4.78 is 2.34. The lowest BCUT2D eigenvalue weighted by atomic mass is 10.0. The molecule has 1 nitrogen and oxygen atoms in total. The first-order valence-corrected chi connectivity index (χ1v) is 5.48. The van der Waals surface area contributed by atoms with Crippen LogP contribution in [0.25, 0.3) is 0 Å². The Labute approximate surface area is 83.0 Å². The number of rotatable bonds is 1. The van der Waals surface area contributed by atoms with E-state index in [1.165, 1.54) is 0 Å². The van der Waals surface area contributed by atoms with Crippen molar-refractivity contribution in [3.8, 4) is 0 Å². The van der Waals surface area contributed by atoms with Crippen LogP contribution in [-0.2, 0) is 0 Å². The molecule has 0 aliphatic rings. The summed E-state index contributed by atoms with van der Waals surface area (Å²) in [7, 11) is 1.07. The number of halogens is 1. The zero-order valence-corrected chi connectivity index (χ0v) is 10.5. The van der Waals surface area contributed by atoms with Gasteiger partial charge in [0.15, 0.2) is 0 Å². The molecule has 12 heavy (non-hydrogen) atoms. The average Bonchev–Trinajstić information content (AvgIpc) is 1.77. The standard InChI is InChI=1S/C9H19ClNP/c1-8(2,3)11(12-7-10)9(4,5)6/h7H,1-6H3. The fourth-order valence-electron chi connectivity index (χ4n) is 1.40. The van der Waals surface area contributed by atoms with Crippen LogP contribution in [0.5, 0.6) is 0 Å². The first-order valence-electron chi connectivity index (χ1n) is 4.12. The van der Waals surface area contributed by atoms with Crippen molar-refractivity contribution in [3.05, 3.63) is 0 Å². The molecule has 3 heteroatoms. The van der Waals surface area contributed by atoms with E-state index in [-0.39, 0.29) is 11.1 Å². The molecule has 0 unspecified atom stereocenters. The van der Waals surface area contributed by atoms with Crippen molar-refractivity contribution < 1.29 is 0 Å². The van der Waals surface area contributed by atoms with Gasteiger partial charge in [0.1, 0.15) is 0 Å². The van der Waals surface area contributed by atoms with E-state index >= 15 is 0 Å². The molecule has 0 aliphatic carbocycles. The minimum atomic E-state index is 0.158. The van der Waals surface area contributed by atoms with Crippen LogP contribution >= 0.6 is 20.0 Å². The summed E-state index contributed by atoms with van der Waals surface area (Å²) in [5.74, 6) is 0. The number of nitrogens with zero attached hydrogens (tertiary/aromatic N) is 1. The van der Waals surface area contributed by atoms with Gasteiger partial charge in [0.05, 0.1) is 0 Å². The predicted molar refractivity (Wildman–Crippen MR) is 60.2 cm³/mol. The molecule has 0 saturated carbocycles. The van der Waals surface area contributed by atoms with E-state index in [1.807, 2.05) is 0 Å². The summed E-state index contributed by atoms with van der Waals surface area (Å²) in [6.45, 7) is 13.2. The summed E-state index contributed by atoms with van der Waals surface area (Å²) in [4.78, 5) is 0. The Morgan fingerprint density at radius 2 is 1.33 bits per heavy atom. The molecule has 0 fully saturated rings. The maximum atomic E-state index is 5.63. The molecule has 0 bridgehead atoms. The molecule has 0 aromatic heterocycles. The normalized spacial score (nSPS) is 14.7. The molecular formula is C9H19ClNP. The molecule has 0 rings (SSSR count). The topological polar surface area (TPSA) is 3.24 Å². The van der Waals surface area contributed by atoms with Gasteiger partial charge in [0.25, 0.3) is 0 Å². The first-order chi connectivity index (χ1) is 5.19. The zero-order chi connectivity index (χ0) is 9.99. The Morgan fingerprint density at radius 3 is 1.42 bits per heavy atom. The summed E-state index contributed by atoms with van der Waals surface area (Å²) in [5.41, 5.74) is 0.316. The van der Waals surface area contributed by atoms with Crippen LogP contribution in [0.15, 0.2) is 0 Å². The van der Waals surface area contributed by atoms with Gasteiger partial charge in [-0.2, -0.15) is 0 Å². The minimum Gasteiger partial charge on any atom is -0.246 e. The minimum absolute atomic E-state index is 0.158. The molecule has 0 aliphatic heterocycles. The quantitative estimate of drug-likeness (QED) is 0.592. The van der Waals surface area contributed by atoms with E-state index in [0.29, 0.717) is 0 Å². The second-order valence-electron chi connectivity index (χ2n) is 4.87. The lowest BCUT2D eigenvalue weighted by Crippen LogP contribution is -2.46. The highest BCUT2D eigenvalue weighted by Crippen LogP contribution is 2.31. The van der Waals surface area contributed by atoms with E-state index < -0.39 is 0 Å². The SMILES string of the molecule is CC(C)(C)N(P=CCl)C(C)(C)C. The van der Waals surface area contributed by atoms with E-state index in [0.717, 1.165) is 8.35 Å². The van der Waals surface area contributed by atoms with Gasteiger partial charge in [0, 0.05) is 16.3 Å². The molecule has 0 spiro atoms. The third kappa shape index (κ3) is 3.89. The molecule has 0 N–H and O–H groups in total. The number of hydrogen-bond acceptors (Lipinski definition) is 1. The molecule has 0 heterocycles. The highest BCUT2D eigenvalue weighted by molar-refractivity contribution is 7.40. The van der Waals surface area contributed by atoms with E-state index in [1.54, 1.807) is 5.26 Å². The Morgan fingerprint density at radius 1 is 1.00 bits per heavy atom. The van der Waals surface area contributed by atoms with Crippen LogP contribution in [0.2, 0.25) is 0 Å². The van der Waals surface area contributed by atoms with Crippen LogP contribution < -0.4 is 0 Å². The van der Waals surface area contributed by atoms with Crippen LogP contribution in [0.3, 0.4) is 0 Å². The summed E-state index contributed by atoms with van der Waals surface area (Å²) >= 11 is 5.63. The summed E-state index contributed by atoms with van der Waals surface area (Å²) in [5, 5.41) is 1.66. The maximum Gasteiger partial charge on any atom is 0.0429 e. The van der Waals surface area contributed by atoms with Gasteiger partial charge in [0.2, 0.25) is 0 Å². The van der Waals surface area contributed by atoms with Gasteiger partial charge in [-0.3, -0.25) is 0 Å². The molecule has 0 amide bonds. The average molecular weight is 208 g/mol. The predicted octanol–water partition coefficient (Wildman–Crippen LogP) is 3.75. The van der Waals surface area contributed by atoms with E-state index in [4.69, 9.17) is 11.6 Å². The molecule has 0 radical (unpaired) electrons. The summed E-state index contributed by atoms with van der Waals surface area (Å²) in [6, 6.07) is 0. The van der Waals surface area contributed by atoms with Gasteiger partial charge in [-0.15, -0.1) is 0 Å². The second-order valence-corrected chi connectivity index (χ2v) is 6.28. The molecule has 0 aromatic rings. The highest BCUT2D eigenvalue weighted by Gasteiger charge is 2.29. The smallest absolute Gasteiger partial charge is 0.0429 e. The van der Waals surface area contributed by atoms with Gasteiger partial charge in [-0.05, 0) is 49.9 Å². The Hall–Kier alpha value is 0.420. The zero-order valence-electron chi connectivity index (χ0n) is 8.85. The van der Waals surface area contributed by atoms with Crippen molar-refractivity contribution >= 4 is 25.2 Å². The van der Waals surface area contributed by atoms with Gasteiger partial charge < -0.3 is 0 Å². The lowest BCUT2D eigenvalue weighted by Gasteiger charge is -2.41. The Kier molecular flexibility index (Phi) is 4.23. The Bertz CT molecular complexity index is 150. The van der Waals surface area contributed by atoms with Gasteiger partial charge >= 0.3 is 0 Å². The van der Waals surface area contributed by atoms with Crippen LogP contribution in [0.4, 0.5) is 0 Å². The van der Waals surface area contributed by atoms with E-state index in [9.17, 15) is 0 Å². The van der Waals surface area contributed by atoms with Gasteiger partial charge in [-0.1, -0.05) is 11.6 Å². The molecular weight excluding hydrogens is 189 g/mol. The van der Waals surface area contributed by atoms with Crippen molar-refractivity contribution in [2.75, 3.05) is 0 Å². The highest BCUT2D eigenvalue weighted by atomic mass is 35.5. The fourth-order valence-corrected chi connectivity index (χ4v) is 2.44. The van der Waals surface area contributed by atoms with Crippen LogP contribution in [0, 0.1) is 0 Å². The van der Waals surface area contributed by atoms with Crippen molar-refractivity contribution in [1.82, 2.24) is 4.67 Å². The first kappa shape index (κ1) is 12.4. The maximum absolute atomic E-state index is 5.63. The second kappa shape index (κ2) is 4.09. The van der Waals surface area contributed by atoms with Crippen molar-refractivity contribution in [1.29, 1.82) is 0 Å². The fraction of sp³-hybridized carbons (Fsp3) is 0.889. The monoisotopic (exact) mass is 207 g/mol. The summed E-state index contributed by atoms with van der Waals surface area (Å²) in [6.07, 6.45) is 0. The molecule has 0 aromatic carbocycles. The van der Waals surface area contributed by atoms with E-state index in [2.05, 4.69) is 46.2 Å². The van der Waals surface area contributed by atoms with Gasteiger partial charge in [-0.25, -0.2) is 4.67 Å². The lowest BCUT2D eigenvalue weighted by molar-refractivity contribution is 0.155.